The predicted octanol–water partition coefficient (Wildman–Crippen LogP) is 3.63. The first-order valence-electron chi connectivity index (χ1n) is 7.29. The molecule has 2 aliphatic heterocycles. The lowest BCUT2D eigenvalue weighted by molar-refractivity contribution is 0.101. The molecule has 0 radical (unpaired) electrons. The Balaban J connectivity index is 1.66. The molecular formula is C19H14O4. The van der Waals surface area contributed by atoms with E-state index in [0.29, 0.717) is 29.4 Å². The first-order chi connectivity index (χ1) is 11.2. The van der Waals surface area contributed by atoms with Crippen molar-refractivity contribution < 1.29 is 19.0 Å². The number of methoxy groups -OCH3 is 1. The van der Waals surface area contributed by atoms with Crippen LogP contribution in [0.5, 0.6) is 17.2 Å². The summed E-state index contributed by atoms with van der Waals surface area (Å²) in [6.07, 6.45) is 3.75. The van der Waals surface area contributed by atoms with Gasteiger partial charge >= 0.3 is 0 Å². The Morgan fingerprint density at radius 3 is 2.87 bits per heavy atom. The Morgan fingerprint density at radius 1 is 1.13 bits per heavy atom. The lowest BCUT2D eigenvalue weighted by atomic mass is 10.1. The van der Waals surface area contributed by atoms with Crippen LogP contribution in [-0.4, -0.2) is 19.5 Å². The normalized spacial score (nSPS) is 17.0. The zero-order valence-electron chi connectivity index (χ0n) is 12.5. The van der Waals surface area contributed by atoms with Crippen LogP contribution in [0.3, 0.4) is 0 Å². The highest BCUT2D eigenvalue weighted by molar-refractivity contribution is 6.12. The highest BCUT2D eigenvalue weighted by Crippen LogP contribution is 2.35. The van der Waals surface area contributed by atoms with Gasteiger partial charge in [-0.3, -0.25) is 4.79 Å². The molecule has 0 N–H and O–H groups in total. The second-order valence-corrected chi connectivity index (χ2v) is 5.35. The minimum atomic E-state index is -0.123. The topological polar surface area (TPSA) is 44.8 Å². The van der Waals surface area contributed by atoms with E-state index in [1.54, 1.807) is 31.4 Å². The second-order valence-electron chi connectivity index (χ2n) is 5.35. The highest BCUT2D eigenvalue weighted by Gasteiger charge is 2.28. The first-order valence-corrected chi connectivity index (χ1v) is 7.29. The Kier molecular flexibility index (Phi) is 3.15. The summed E-state index contributed by atoms with van der Waals surface area (Å²) in [5, 5.41) is 0. The van der Waals surface area contributed by atoms with Crippen molar-refractivity contribution in [2.45, 2.75) is 0 Å². The molecule has 2 aliphatic rings. The quantitative estimate of drug-likeness (QED) is 0.795. The zero-order valence-corrected chi connectivity index (χ0v) is 12.5. The summed E-state index contributed by atoms with van der Waals surface area (Å²) in [7, 11) is 1.58. The second kappa shape index (κ2) is 5.32. The van der Waals surface area contributed by atoms with E-state index in [0.717, 1.165) is 16.9 Å². The van der Waals surface area contributed by atoms with Crippen LogP contribution < -0.4 is 14.2 Å². The number of ether oxygens (including phenoxy) is 3. The van der Waals surface area contributed by atoms with E-state index in [1.165, 1.54) is 0 Å². The van der Waals surface area contributed by atoms with Crippen LogP contribution in [0.15, 0.2) is 59.9 Å². The molecule has 0 fully saturated rings. The maximum absolute atomic E-state index is 12.4. The fourth-order valence-corrected chi connectivity index (χ4v) is 2.68. The minimum absolute atomic E-state index is 0.123. The van der Waals surface area contributed by atoms with Gasteiger partial charge in [-0.2, -0.15) is 0 Å². The van der Waals surface area contributed by atoms with E-state index in [4.69, 9.17) is 14.2 Å². The van der Waals surface area contributed by atoms with E-state index in [9.17, 15) is 4.79 Å². The molecule has 0 unspecified atom stereocenters. The molecule has 0 saturated carbocycles. The molecule has 0 aromatic heterocycles. The van der Waals surface area contributed by atoms with Gasteiger partial charge < -0.3 is 14.2 Å². The van der Waals surface area contributed by atoms with Gasteiger partial charge in [0.25, 0.3) is 0 Å². The Hall–Kier alpha value is -3.01. The van der Waals surface area contributed by atoms with Gasteiger partial charge in [0.2, 0.25) is 5.78 Å². The first kappa shape index (κ1) is 13.6. The Labute approximate surface area is 133 Å². The molecule has 2 heterocycles. The third-order valence-corrected chi connectivity index (χ3v) is 3.85. The average Bonchev–Trinajstić information content (AvgIpc) is 2.90. The lowest BCUT2D eigenvalue weighted by Crippen LogP contribution is -2.08. The lowest BCUT2D eigenvalue weighted by Gasteiger charge is -2.15. The number of allylic oxidation sites excluding steroid dienone is 1. The van der Waals surface area contributed by atoms with Crippen LogP contribution in [0, 0.1) is 0 Å². The Bertz CT molecular complexity index is 861. The summed E-state index contributed by atoms with van der Waals surface area (Å²) < 4.78 is 16.5. The van der Waals surface area contributed by atoms with E-state index in [2.05, 4.69) is 0 Å². The van der Waals surface area contributed by atoms with E-state index < -0.39 is 0 Å². The van der Waals surface area contributed by atoms with Crippen molar-refractivity contribution in [3.8, 4) is 17.2 Å². The summed E-state index contributed by atoms with van der Waals surface area (Å²) >= 11 is 0. The van der Waals surface area contributed by atoms with Gasteiger partial charge in [-0.1, -0.05) is 18.2 Å². The third kappa shape index (κ3) is 2.38. The molecule has 0 spiro atoms. The van der Waals surface area contributed by atoms with Crippen molar-refractivity contribution in [2.75, 3.05) is 13.7 Å². The number of carbonyl (C=O) groups excluding carboxylic acids is 1. The summed E-state index contributed by atoms with van der Waals surface area (Å²) in [6, 6.07) is 13.0. The molecule has 0 saturated heterocycles. The van der Waals surface area contributed by atoms with Gasteiger partial charge in [0.05, 0.1) is 12.7 Å². The van der Waals surface area contributed by atoms with Gasteiger partial charge in [-0.05, 0) is 35.9 Å². The van der Waals surface area contributed by atoms with Crippen molar-refractivity contribution >= 4 is 11.9 Å². The zero-order chi connectivity index (χ0) is 15.8. The molecule has 114 valence electrons. The van der Waals surface area contributed by atoms with Gasteiger partial charge in [0, 0.05) is 11.6 Å². The fourth-order valence-electron chi connectivity index (χ4n) is 2.68. The maximum atomic E-state index is 12.4. The molecule has 4 rings (SSSR count). The van der Waals surface area contributed by atoms with Crippen LogP contribution >= 0.6 is 0 Å². The SMILES string of the molecule is COc1ccc2c(c1)O/C(=C\C1=Cc3ccccc3OC1)C2=O. The molecular weight excluding hydrogens is 292 g/mol. The number of hydrogen-bond acceptors (Lipinski definition) is 4. The van der Waals surface area contributed by atoms with Gasteiger partial charge in [0.1, 0.15) is 23.9 Å². The number of rotatable bonds is 2. The highest BCUT2D eigenvalue weighted by atomic mass is 16.5. The summed E-state index contributed by atoms with van der Waals surface area (Å²) in [5.41, 5.74) is 2.44. The molecule has 0 aliphatic carbocycles. The Morgan fingerprint density at radius 2 is 2.00 bits per heavy atom. The van der Waals surface area contributed by atoms with E-state index in [-0.39, 0.29) is 5.78 Å². The monoisotopic (exact) mass is 306 g/mol. The molecule has 2 aromatic rings. The van der Waals surface area contributed by atoms with Gasteiger partial charge in [-0.15, -0.1) is 0 Å². The molecule has 4 nitrogen and oxygen atoms in total. The van der Waals surface area contributed by atoms with Crippen molar-refractivity contribution in [3.05, 3.63) is 71.0 Å². The number of carbonyl (C=O) groups is 1. The molecule has 0 bridgehead atoms. The van der Waals surface area contributed by atoms with Gasteiger partial charge in [-0.25, -0.2) is 0 Å². The number of benzene rings is 2. The minimum Gasteiger partial charge on any atom is -0.497 e. The third-order valence-electron chi connectivity index (χ3n) is 3.85. The number of hydrogen-bond donors (Lipinski definition) is 0. The fraction of sp³-hybridized carbons (Fsp3) is 0.105. The smallest absolute Gasteiger partial charge is 0.231 e. The van der Waals surface area contributed by atoms with Crippen LogP contribution in [0.1, 0.15) is 15.9 Å². The van der Waals surface area contributed by atoms with E-state index >= 15 is 0 Å². The van der Waals surface area contributed by atoms with Crippen molar-refractivity contribution in [1.82, 2.24) is 0 Å². The molecule has 4 heteroatoms. The maximum Gasteiger partial charge on any atom is 0.231 e. The van der Waals surface area contributed by atoms with E-state index in [1.807, 2.05) is 30.3 Å². The molecule has 2 aromatic carbocycles. The number of ketones is 1. The van der Waals surface area contributed by atoms with Gasteiger partial charge in [0.15, 0.2) is 5.76 Å². The summed E-state index contributed by atoms with van der Waals surface area (Å²) in [5.74, 6) is 2.22. The van der Waals surface area contributed by atoms with Crippen molar-refractivity contribution in [1.29, 1.82) is 0 Å². The number of fused-ring (bicyclic) bond motifs is 2. The van der Waals surface area contributed by atoms with Crippen LogP contribution in [0.25, 0.3) is 6.08 Å². The number of para-hydroxylation sites is 1. The van der Waals surface area contributed by atoms with Crippen LogP contribution in [-0.2, 0) is 0 Å². The van der Waals surface area contributed by atoms with Crippen LogP contribution in [0.2, 0.25) is 0 Å². The predicted molar refractivity (Wildman–Crippen MR) is 85.9 cm³/mol. The number of Topliss-reactive ketones (excluding diaryl/α,β-unsaturated/α-hetero) is 1. The van der Waals surface area contributed by atoms with Crippen molar-refractivity contribution in [3.63, 3.8) is 0 Å². The molecule has 0 amide bonds. The largest absolute Gasteiger partial charge is 0.497 e. The molecule has 23 heavy (non-hydrogen) atoms. The summed E-state index contributed by atoms with van der Waals surface area (Å²) in [6.45, 7) is 0.414. The average molecular weight is 306 g/mol. The van der Waals surface area contributed by atoms with Crippen LogP contribution in [0.4, 0.5) is 0 Å². The molecule has 0 atom stereocenters. The standard InChI is InChI=1S/C19H14O4/c1-21-14-6-7-15-17(10-14)23-18(19(15)20)9-12-8-13-4-2-3-5-16(13)22-11-12/h2-10H,11H2,1H3/b18-9-. The summed E-state index contributed by atoms with van der Waals surface area (Å²) in [4.78, 5) is 12.4. The van der Waals surface area contributed by atoms with Crippen molar-refractivity contribution in [2.24, 2.45) is 0 Å².